The van der Waals surface area contributed by atoms with Gasteiger partial charge in [0.1, 0.15) is 17.8 Å². The number of carbonyl (C=O) groups is 1. The van der Waals surface area contributed by atoms with Crippen molar-refractivity contribution in [3.8, 4) is 0 Å². The Labute approximate surface area is 124 Å². The van der Waals surface area contributed by atoms with Crippen LogP contribution in [0.4, 0.5) is 5.82 Å². The van der Waals surface area contributed by atoms with E-state index in [0.717, 1.165) is 23.4 Å². The summed E-state index contributed by atoms with van der Waals surface area (Å²) >= 11 is 0. The molecule has 0 unspecified atom stereocenters. The molecule has 0 radical (unpaired) electrons. The molecule has 0 aliphatic carbocycles. The van der Waals surface area contributed by atoms with E-state index in [1.54, 1.807) is 6.33 Å². The number of aromatic amines is 1. The molecule has 0 saturated carbocycles. The summed E-state index contributed by atoms with van der Waals surface area (Å²) in [6, 6.07) is 2.16. The lowest BCUT2D eigenvalue weighted by Gasteiger charge is -2.49. The van der Waals surface area contributed by atoms with Crippen LogP contribution < -0.4 is 4.90 Å². The number of fused-ring (bicyclic) bond motifs is 1. The van der Waals surface area contributed by atoms with E-state index >= 15 is 0 Å². The van der Waals surface area contributed by atoms with Crippen LogP contribution in [0.2, 0.25) is 0 Å². The SMILES string of the molecule is CC(C)N1C(=O)CN(c2ncnc3[nH]ccc23)CC1(C)C. The first-order valence-electron chi connectivity index (χ1n) is 7.25. The van der Waals surface area contributed by atoms with Crippen LogP contribution in [0, 0.1) is 0 Å². The number of H-pyrrole nitrogens is 1. The minimum absolute atomic E-state index is 0.142. The van der Waals surface area contributed by atoms with Gasteiger partial charge in [0.25, 0.3) is 0 Å². The van der Waals surface area contributed by atoms with E-state index in [1.807, 2.05) is 17.2 Å². The van der Waals surface area contributed by atoms with Crippen molar-refractivity contribution in [2.24, 2.45) is 0 Å². The third-order valence-electron chi connectivity index (χ3n) is 3.97. The van der Waals surface area contributed by atoms with Crippen LogP contribution in [-0.4, -0.2) is 50.4 Å². The van der Waals surface area contributed by atoms with Crippen LogP contribution in [0.15, 0.2) is 18.6 Å². The van der Waals surface area contributed by atoms with Gasteiger partial charge in [-0.25, -0.2) is 9.97 Å². The number of hydrogen-bond acceptors (Lipinski definition) is 4. The fourth-order valence-corrected chi connectivity index (χ4v) is 3.42. The first-order chi connectivity index (χ1) is 9.90. The molecule has 1 N–H and O–H groups in total. The van der Waals surface area contributed by atoms with Crippen LogP contribution >= 0.6 is 0 Å². The maximum atomic E-state index is 12.5. The fraction of sp³-hybridized carbons (Fsp3) is 0.533. The molecule has 0 atom stereocenters. The second-order valence-corrected chi connectivity index (χ2v) is 6.46. The highest BCUT2D eigenvalue weighted by Gasteiger charge is 2.40. The van der Waals surface area contributed by atoms with Gasteiger partial charge in [-0.2, -0.15) is 0 Å². The number of amides is 1. The van der Waals surface area contributed by atoms with E-state index in [2.05, 4.69) is 47.5 Å². The van der Waals surface area contributed by atoms with Crippen molar-refractivity contribution in [2.45, 2.75) is 39.3 Å². The van der Waals surface area contributed by atoms with Crippen molar-refractivity contribution in [3.63, 3.8) is 0 Å². The van der Waals surface area contributed by atoms with Crippen molar-refractivity contribution in [3.05, 3.63) is 18.6 Å². The quantitative estimate of drug-likeness (QED) is 0.914. The highest BCUT2D eigenvalue weighted by atomic mass is 16.2. The van der Waals surface area contributed by atoms with Gasteiger partial charge in [0.2, 0.25) is 5.91 Å². The Balaban J connectivity index is 1.99. The summed E-state index contributed by atoms with van der Waals surface area (Å²) in [6.07, 6.45) is 3.39. The van der Waals surface area contributed by atoms with Gasteiger partial charge in [-0.05, 0) is 33.8 Å². The highest BCUT2D eigenvalue weighted by Crippen LogP contribution is 2.30. The Morgan fingerprint density at radius 1 is 1.33 bits per heavy atom. The average Bonchev–Trinajstić information content (AvgIpc) is 2.83. The Hall–Kier alpha value is -2.11. The highest BCUT2D eigenvalue weighted by molar-refractivity contribution is 5.91. The van der Waals surface area contributed by atoms with Crippen LogP contribution in [0.25, 0.3) is 11.0 Å². The molecule has 112 valence electrons. The Kier molecular flexibility index (Phi) is 3.11. The maximum absolute atomic E-state index is 12.5. The van der Waals surface area contributed by atoms with E-state index < -0.39 is 0 Å². The summed E-state index contributed by atoms with van der Waals surface area (Å²) in [4.78, 5) is 28.3. The van der Waals surface area contributed by atoms with Gasteiger partial charge < -0.3 is 14.8 Å². The van der Waals surface area contributed by atoms with Crippen LogP contribution in [0.1, 0.15) is 27.7 Å². The van der Waals surface area contributed by atoms with E-state index in [-0.39, 0.29) is 17.5 Å². The lowest BCUT2D eigenvalue weighted by Crippen LogP contribution is -2.64. The van der Waals surface area contributed by atoms with E-state index in [4.69, 9.17) is 0 Å². The van der Waals surface area contributed by atoms with Crippen LogP contribution in [0.3, 0.4) is 0 Å². The Morgan fingerprint density at radius 2 is 2.10 bits per heavy atom. The first kappa shape index (κ1) is 13.9. The van der Waals surface area contributed by atoms with Gasteiger partial charge in [0.05, 0.1) is 17.5 Å². The molecular formula is C15H21N5O. The van der Waals surface area contributed by atoms with E-state index in [0.29, 0.717) is 6.54 Å². The zero-order valence-corrected chi connectivity index (χ0v) is 12.9. The molecule has 1 fully saturated rings. The van der Waals surface area contributed by atoms with Crippen molar-refractivity contribution >= 4 is 22.8 Å². The molecule has 3 heterocycles. The zero-order chi connectivity index (χ0) is 15.2. The lowest BCUT2D eigenvalue weighted by atomic mass is 9.96. The molecule has 2 aromatic rings. The predicted molar refractivity (Wildman–Crippen MR) is 82.2 cm³/mol. The van der Waals surface area contributed by atoms with Crippen LogP contribution in [0.5, 0.6) is 0 Å². The largest absolute Gasteiger partial charge is 0.346 e. The van der Waals surface area contributed by atoms with Gasteiger partial charge in [-0.3, -0.25) is 4.79 Å². The number of carbonyl (C=O) groups excluding carboxylic acids is 1. The first-order valence-corrected chi connectivity index (χ1v) is 7.25. The minimum Gasteiger partial charge on any atom is -0.346 e. The monoisotopic (exact) mass is 287 g/mol. The number of piperazine rings is 1. The van der Waals surface area contributed by atoms with Crippen molar-refractivity contribution in [1.82, 2.24) is 19.9 Å². The zero-order valence-electron chi connectivity index (χ0n) is 12.9. The van der Waals surface area contributed by atoms with Gasteiger partial charge >= 0.3 is 0 Å². The molecule has 1 amide bonds. The molecule has 1 aliphatic heterocycles. The number of nitrogens with one attached hydrogen (secondary N) is 1. The van der Waals surface area contributed by atoms with Gasteiger partial charge in [0.15, 0.2) is 0 Å². The second kappa shape index (κ2) is 4.72. The third-order valence-corrected chi connectivity index (χ3v) is 3.97. The maximum Gasteiger partial charge on any atom is 0.242 e. The molecule has 2 aromatic heterocycles. The summed E-state index contributed by atoms with van der Waals surface area (Å²) in [6.45, 7) is 9.45. The number of nitrogens with zero attached hydrogens (tertiary/aromatic N) is 4. The van der Waals surface area contributed by atoms with Crippen molar-refractivity contribution in [2.75, 3.05) is 18.0 Å². The number of rotatable bonds is 2. The van der Waals surface area contributed by atoms with Gasteiger partial charge in [0, 0.05) is 18.8 Å². The molecule has 0 aromatic carbocycles. The number of anilines is 1. The second-order valence-electron chi connectivity index (χ2n) is 6.46. The Bertz CT molecular complexity index is 676. The molecule has 0 spiro atoms. The van der Waals surface area contributed by atoms with Crippen LogP contribution in [-0.2, 0) is 4.79 Å². The summed E-state index contributed by atoms with van der Waals surface area (Å²) in [5, 5.41) is 0.957. The topological polar surface area (TPSA) is 65.1 Å². The van der Waals surface area contributed by atoms with Gasteiger partial charge in [-0.15, -0.1) is 0 Å². The Morgan fingerprint density at radius 3 is 2.76 bits per heavy atom. The number of aromatic nitrogens is 3. The van der Waals surface area contributed by atoms with Crippen molar-refractivity contribution in [1.29, 1.82) is 0 Å². The summed E-state index contributed by atoms with van der Waals surface area (Å²) in [7, 11) is 0. The summed E-state index contributed by atoms with van der Waals surface area (Å²) in [5.41, 5.74) is 0.577. The normalized spacial score (nSPS) is 18.8. The van der Waals surface area contributed by atoms with E-state index in [1.165, 1.54) is 0 Å². The average molecular weight is 287 g/mol. The molecule has 1 saturated heterocycles. The molecule has 1 aliphatic rings. The number of hydrogen-bond donors (Lipinski definition) is 1. The van der Waals surface area contributed by atoms with Crippen molar-refractivity contribution < 1.29 is 4.79 Å². The molecule has 3 rings (SSSR count). The van der Waals surface area contributed by atoms with Gasteiger partial charge in [-0.1, -0.05) is 0 Å². The predicted octanol–water partition coefficient (Wildman–Crippen LogP) is 1.79. The summed E-state index contributed by atoms with van der Waals surface area (Å²) < 4.78 is 0. The molecular weight excluding hydrogens is 266 g/mol. The smallest absolute Gasteiger partial charge is 0.242 e. The standard InChI is InChI=1S/C15H21N5O/c1-10(2)20-12(21)7-19(8-15(20,3)4)14-11-5-6-16-13(11)17-9-18-14/h5-6,9-10H,7-8H2,1-4H3,(H,16,17,18). The third kappa shape index (κ3) is 2.24. The lowest BCUT2D eigenvalue weighted by molar-refractivity contribution is -0.139. The minimum atomic E-state index is -0.225. The van der Waals surface area contributed by atoms with E-state index in [9.17, 15) is 4.79 Å². The fourth-order valence-electron chi connectivity index (χ4n) is 3.42. The molecule has 0 bridgehead atoms. The summed E-state index contributed by atoms with van der Waals surface area (Å²) in [5.74, 6) is 0.967. The molecule has 21 heavy (non-hydrogen) atoms. The molecule has 6 heteroatoms. The molecule has 6 nitrogen and oxygen atoms in total.